The van der Waals surface area contributed by atoms with Crippen molar-refractivity contribution in [2.45, 2.75) is 19.0 Å². The predicted octanol–water partition coefficient (Wildman–Crippen LogP) is 2.16. The molecule has 0 saturated heterocycles. The van der Waals surface area contributed by atoms with Crippen LogP contribution in [0.5, 0.6) is 0 Å². The third-order valence-electron chi connectivity index (χ3n) is 3.92. The first-order valence-corrected chi connectivity index (χ1v) is 8.57. The quantitative estimate of drug-likeness (QED) is 0.664. The van der Waals surface area contributed by atoms with Gasteiger partial charge in [-0.25, -0.2) is 9.59 Å². The minimum atomic E-state index is -1.14. The van der Waals surface area contributed by atoms with E-state index in [0.29, 0.717) is 12.1 Å². The number of rotatable bonds is 8. The third-order valence-corrected chi connectivity index (χ3v) is 3.92. The molecule has 0 saturated carbocycles. The number of urea groups is 1. The number of carbonyl (C=O) groups excluding carboxylic acids is 2. The van der Waals surface area contributed by atoms with Gasteiger partial charge >= 0.3 is 12.0 Å². The van der Waals surface area contributed by atoms with Gasteiger partial charge in [-0.05, 0) is 11.1 Å². The Morgan fingerprint density at radius 2 is 1.59 bits per heavy atom. The lowest BCUT2D eigenvalue weighted by molar-refractivity contribution is -0.142. The van der Waals surface area contributed by atoms with E-state index in [9.17, 15) is 19.5 Å². The summed E-state index contributed by atoms with van der Waals surface area (Å²) in [6, 6.07) is 16.6. The maximum Gasteiger partial charge on any atom is 0.330 e. The lowest BCUT2D eigenvalue weighted by Gasteiger charge is -2.18. The Hall–Kier alpha value is -3.35. The summed E-state index contributed by atoms with van der Waals surface area (Å²) in [5, 5.41) is 14.4. The highest BCUT2D eigenvalue weighted by Crippen LogP contribution is 2.12. The lowest BCUT2D eigenvalue weighted by Crippen LogP contribution is -2.40. The Labute approximate surface area is 158 Å². The number of carboxylic acid groups (broad SMARTS) is 1. The van der Waals surface area contributed by atoms with Crippen LogP contribution >= 0.6 is 0 Å². The van der Waals surface area contributed by atoms with E-state index in [2.05, 4.69) is 10.6 Å². The van der Waals surface area contributed by atoms with Gasteiger partial charge in [0.15, 0.2) is 6.04 Å². The number of benzene rings is 2. The van der Waals surface area contributed by atoms with Crippen LogP contribution in [0.1, 0.15) is 23.6 Å². The molecule has 0 aliphatic heterocycles. The number of hydrogen-bond acceptors (Lipinski definition) is 3. The number of nitrogens with one attached hydrogen (secondary N) is 2. The summed E-state index contributed by atoms with van der Waals surface area (Å²) < 4.78 is 0. The molecule has 2 aromatic carbocycles. The minimum Gasteiger partial charge on any atom is -0.479 e. The molecular weight excluding hydrogens is 346 g/mol. The van der Waals surface area contributed by atoms with Crippen LogP contribution in [0.3, 0.4) is 0 Å². The fourth-order valence-electron chi connectivity index (χ4n) is 2.51. The maximum absolute atomic E-state index is 12.1. The molecule has 0 aliphatic rings. The molecule has 0 heterocycles. The average Bonchev–Trinajstić information content (AvgIpc) is 2.67. The van der Waals surface area contributed by atoms with Crippen LogP contribution in [0.25, 0.3) is 0 Å². The molecule has 2 rings (SSSR count). The normalized spacial score (nSPS) is 11.3. The van der Waals surface area contributed by atoms with Crippen molar-refractivity contribution in [2.24, 2.45) is 0 Å². The van der Waals surface area contributed by atoms with Crippen molar-refractivity contribution in [3.63, 3.8) is 0 Å². The summed E-state index contributed by atoms with van der Waals surface area (Å²) in [6.07, 6.45) is -0.0124. The zero-order valence-corrected chi connectivity index (χ0v) is 15.1. The van der Waals surface area contributed by atoms with Gasteiger partial charge in [0.1, 0.15) is 0 Å². The summed E-state index contributed by atoms with van der Waals surface area (Å²) in [5.74, 6) is -1.58. The summed E-state index contributed by atoms with van der Waals surface area (Å²) in [4.78, 5) is 37.0. The fraction of sp³-hybridized carbons (Fsp3) is 0.250. The van der Waals surface area contributed by atoms with Crippen LogP contribution in [0.15, 0.2) is 60.7 Å². The Morgan fingerprint density at radius 3 is 2.19 bits per heavy atom. The number of amides is 3. The SMILES string of the molecule is CN(Cc1ccccc1)C(=O)NCCC(=O)N[C@H](C(=O)O)c1ccccc1. The molecule has 3 N–H and O–H groups in total. The molecule has 3 amide bonds. The second-order valence-corrected chi connectivity index (χ2v) is 6.07. The van der Waals surface area contributed by atoms with E-state index in [0.717, 1.165) is 5.56 Å². The van der Waals surface area contributed by atoms with E-state index >= 15 is 0 Å². The lowest BCUT2D eigenvalue weighted by atomic mass is 10.1. The highest BCUT2D eigenvalue weighted by molar-refractivity contribution is 5.85. The summed E-state index contributed by atoms with van der Waals surface area (Å²) in [5.41, 5.74) is 1.49. The van der Waals surface area contributed by atoms with Gasteiger partial charge in [-0.2, -0.15) is 0 Å². The van der Waals surface area contributed by atoms with Crippen LogP contribution in [-0.2, 0) is 16.1 Å². The van der Waals surface area contributed by atoms with Crippen LogP contribution in [0.2, 0.25) is 0 Å². The van der Waals surface area contributed by atoms with E-state index in [1.807, 2.05) is 30.3 Å². The number of aliphatic carboxylic acids is 1. The fourth-order valence-corrected chi connectivity index (χ4v) is 2.51. The van der Waals surface area contributed by atoms with Crippen LogP contribution in [-0.4, -0.2) is 41.5 Å². The number of nitrogens with zero attached hydrogens (tertiary/aromatic N) is 1. The van der Waals surface area contributed by atoms with Gasteiger partial charge in [-0.1, -0.05) is 60.7 Å². The zero-order chi connectivity index (χ0) is 19.6. The van der Waals surface area contributed by atoms with Crippen LogP contribution in [0.4, 0.5) is 4.79 Å². The summed E-state index contributed by atoms with van der Waals surface area (Å²) in [7, 11) is 1.66. The Bertz CT molecular complexity index is 765. The van der Waals surface area contributed by atoms with Crippen LogP contribution < -0.4 is 10.6 Å². The molecule has 0 fully saturated rings. The molecule has 0 radical (unpaired) electrons. The Kier molecular flexibility index (Phi) is 7.37. The highest BCUT2D eigenvalue weighted by Gasteiger charge is 2.21. The Balaban J connectivity index is 1.77. The minimum absolute atomic E-state index is 0.0124. The first-order valence-electron chi connectivity index (χ1n) is 8.57. The molecule has 7 heteroatoms. The molecule has 2 aromatic rings. The van der Waals surface area contributed by atoms with Gasteiger partial charge in [-0.3, -0.25) is 4.79 Å². The van der Waals surface area contributed by atoms with Crippen molar-refractivity contribution in [3.8, 4) is 0 Å². The molecule has 0 aromatic heterocycles. The topological polar surface area (TPSA) is 98.7 Å². The highest BCUT2D eigenvalue weighted by atomic mass is 16.4. The molecule has 0 spiro atoms. The van der Waals surface area contributed by atoms with Gasteiger partial charge < -0.3 is 20.6 Å². The molecule has 0 aliphatic carbocycles. The third kappa shape index (κ3) is 6.47. The van der Waals surface area contributed by atoms with Crippen molar-refractivity contribution in [3.05, 3.63) is 71.8 Å². The van der Waals surface area contributed by atoms with Gasteiger partial charge in [0.2, 0.25) is 5.91 Å². The largest absolute Gasteiger partial charge is 0.479 e. The van der Waals surface area contributed by atoms with E-state index in [1.165, 1.54) is 4.90 Å². The maximum atomic E-state index is 12.1. The van der Waals surface area contributed by atoms with Crippen molar-refractivity contribution in [1.29, 1.82) is 0 Å². The second kappa shape index (κ2) is 9.96. The molecule has 0 bridgehead atoms. The first-order chi connectivity index (χ1) is 13.0. The molecule has 0 unspecified atom stereocenters. The van der Waals surface area contributed by atoms with E-state index in [4.69, 9.17) is 0 Å². The van der Waals surface area contributed by atoms with Crippen LogP contribution in [0, 0.1) is 0 Å². The monoisotopic (exact) mass is 369 g/mol. The smallest absolute Gasteiger partial charge is 0.330 e. The van der Waals surface area contributed by atoms with Crippen molar-refractivity contribution in [1.82, 2.24) is 15.5 Å². The van der Waals surface area contributed by atoms with Gasteiger partial charge in [0.25, 0.3) is 0 Å². The first kappa shape index (κ1) is 20.0. The predicted molar refractivity (Wildman–Crippen MR) is 101 cm³/mol. The van der Waals surface area contributed by atoms with Crippen molar-refractivity contribution < 1.29 is 19.5 Å². The molecule has 27 heavy (non-hydrogen) atoms. The standard InChI is InChI=1S/C20H23N3O4/c1-23(14-15-8-4-2-5-9-15)20(27)21-13-12-17(24)22-18(19(25)26)16-10-6-3-7-11-16/h2-11,18H,12-14H2,1H3,(H,21,27)(H,22,24)(H,25,26)/t18-/m0/s1. The number of carbonyl (C=O) groups is 3. The molecular formula is C20H23N3O4. The number of carboxylic acids is 1. The van der Waals surface area contributed by atoms with E-state index in [1.54, 1.807) is 37.4 Å². The Morgan fingerprint density at radius 1 is 1.00 bits per heavy atom. The number of hydrogen-bond donors (Lipinski definition) is 3. The van der Waals surface area contributed by atoms with Gasteiger partial charge in [0, 0.05) is 26.6 Å². The zero-order valence-electron chi connectivity index (χ0n) is 15.1. The van der Waals surface area contributed by atoms with E-state index < -0.39 is 17.9 Å². The van der Waals surface area contributed by atoms with E-state index in [-0.39, 0.29) is 19.0 Å². The molecule has 1 atom stereocenters. The average molecular weight is 369 g/mol. The van der Waals surface area contributed by atoms with Crippen molar-refractivity contribution in [2.75, 3.05) is 13.6 Å². The van der Waals surface area contributed by atoms with Gasteiger partial charge in [-0.15, -0.1) is 0 Å². The summed E-state index contributed by atoms with van der Waals surface area (Å²) >= 11 is 0. The summed E-state index contributed by atoms with van der Waals surface area (Å²) in [6.45, 7) is 0.568. The molecule has 7 nitrogen and oxygen atoms in total. The molecule has 142 valence electrons. The second-order valence-electron chi connectivity index (χ2n) is 6.07. The van der Waals surface area contributed by atoms with Crippen molar-refractivity contribution >= 4 is 17.9 Å². The van der Waals surface area contributed by atoms with Gasteiger partial charge in [0.05, 0.1) is 0 Å².